The molecule has 4 heteroatoms. The van der Waals surface area contributed by atoms with Crippen LogP contribution in [0.1, 0.15) is 12.5 Å². The first kappa shape index (κ1) is 13.8. The van der Waals surface area contributed by atoms with Gasteiger partial charge in [-0.2, -0.15) is 0 Å². The summed E-state index contributed by atoms with van der Waals surface area (Å²) in [6, 6.07) is 4.56. The Hall–Kier alpha value is -1.24. The molecule has 2 nitrogen and oxygen atoms in total. The van der Waals surface area contributed by atoms with Crippen molar-refractivity contribution >= 4 is 11.6 Å². The highest BCUT2D eigenvalue weighted by Crippen LogP contribution is 2.15. The Labute approximate surface area is 106 Å². The Morgan fingerprint density at radius 2 is 2.18 bits per heavy atom. The van der Waals surface area contributed by atoms with E-state index in [2.05, 4.69) is 11.8 Å². The second kappa shape index (κ2) is 7.94. The average Bonchev–Trinajstić information content (AvgIpc) is 2.34. The van der Waals surface area contributed by atoms with Crippen LogP contribution in [0, 0.1) is 17.7 Å². The lowest BCUT2D eigenvalue weighted by atomic mass is 10.2. The summed E-state index contributed by atoms with van der Waals surface area (Å²) in [5.74, 6) is 5.48. The van der Waals surface area contributed by atoms with Crippen LogP contribution in [0.5, 0.6) is 5.75 Å². The fraction of sp³-hybridized carbons (Fsp3) is 0.385. The highest BCUT2D eigenvalue weighted by Gasteiger charge is 2.01. The standard InChI is InChI=1S/C13H14ClFO2/c1-2-16-8-9-17-12-6-5-11(4-3-7-14)13(15)10-12/h5-6,10H,2,7-9H2,1H3. The second-order valence-corrected chi connectivity index (χ2v) is 3.39. The molecule has 0 fully saturated rings. The van der Waals surface area contributed by atoms with Crippen LogP contribution in [0.2, 0.25) is 0 Å². The van der Waals surface area contributed by atoms with Gasteiger partial charge < -0.3 is 9.47 Å². The van der Waals surface area contributed by atoms with Crippen molar-refractivity contribution in [2.45, 2.75) is 6.92 Å². The zero-order chi connectivity index (χ0) is 12.5. The number of benzene rings is 1. The first-order valence-corrected chi connectivity index (χ1v) is 5.86. The molecule has 0 saturated carbocycles. The number of hydrogen-bond acceptors (Lipinski definition) is 2. The van der Waals surface area contributed by atoms with Crippen LogP contribution in [0.25, 0.3) is 0 Å². The highest BCUT2D eigenvalue weighted by molar-refractivity contribution is 6.19. The largest absolute Gasteiger partial charge is 0.491 e. The summed E-state index contributed by atoms with van der Waals surface area (Å²) < 4.78 is 23.9. The van der Waals surface area contributed by atoms with Gasteiger partial charge in [0.15, 0.2) is 0 Å². The fourth-order valence-corrected chi connectivity index (χ4v) is 1.25. The molecule has 0 saturated heterocycles. The van der Waals surface area contributed by atoms with Crippen molar-refractivity contribution in [3.63, 3.8) is 0 Å². The number of rotatable bonds is 5. The van der Waals surface area contributed by atoms with E-state index in [4.69, 9.17) is 21.1 Å². The minimum atomic E-state index is -0.406. The van der Waals surface area contributed by atoms with Crippen LogP contribution in [0.15, 0.2) is 18.2 Å². The predicted molar refractivity (Wildman–Crippen MR) is 66.0 cm³/mol. The third kappa shape index (κ3) is 5.08. The Kier molecular flexibility index (Phi) is 6.46. The highest BCUT2D eigenvalue weighted by atomic mass is 35.5. The van der Waals surface area contributed by atoms with E-state index in [9.17, 15) is 4.39 Å². The SMILES string of the molecule is CCOCCOc1ccc(C#CCCl)c(F)c1. The summed E-state index contributed by atoms with van der Waals surface area (Å²) in [6.07, 6.45) is 0. The van der Waals surface area contributed by atoms with Gasteiger partial charge in [-0.1, -0.05) is 11.8 Å². The summed E-state index contributed by atoms with van der Waals surface area (Å²) in [6.45, 7) is 3.45. The Balaban J connectivity index is 2.56. The summed E-state index contributed by atoms with van der Waals surface area (Å²) in [5.41, 5.74) is 0.322. The van der Waals surface area contributed by atoms with Crippen LogP contribution in [0.3, 0.4) is 0 Å². The first-order chi connectivity index (χ1) is 8.27. The maximum Gasteiger partial charge on any atom is 0.142 e. The van der Waals surface area contributed by atoms with E-state index in [1.165, 1.54) is 6.07 Å². The van der Waals surface area contributed by atoms with Gasteiger partial charge in [0.05, 0.1) is 18.1 Å². The Bertz CT molecular complexity index is 410. The molecule has 0 bridgehead atoms. The summed E-state index contributed by atoms with van der Waals surface area (Å²) >= 11 is 5.40. The molecule has 0 atom stereocenters. The lowest BCUT2D eigenvalue weighted by Crippen LogP contribution is -2.06. The molecule has 0 aromatic heterocycles. The molecule has 0 radical (unpaired) electrons. The maximum atomic E-state index is 13.5. The molecular weight excluding hydrogens is 243 g/mol. The lowest BCUT2D eigenvalue weighted by Gasteiger charge is -2.06. The number of ether oxygens (including phenoxy) is 2. The molecule has 92 valence electrons. The zero-order valence-corrected chi connectivity index (χ0v) is 10.4. The summed E-state index contributed by atoms with van der Waals surface area (Å²) in [5, 5.41) is 0. The lowest BCUT2D eigenvalue weighted by molar-refractivity contribution is 0.110. The Morgan fingerprint density at radius 1 is 1.35 bits per heavy atom. The van der Waals surface area contributed by atoms with Crippen molar-refractivity contribution in [3.05, 3.63) is 29.6 Å². The summed E-state index contributed by atoms with van der Waals surface area (Å²) in [4.78, 5) is 0. The van der Waals surface area contributed by atoms with E-state index in [1.54, 1.807) is 12.1 Å². The third-order valence-corrected chi connectivity index (χ3v) is 2.06. The van der Waals surface area contributed by atoms with Crippen LogP contribution in [0.4, 0.5) is 4.39 Å². The van der Waals surface area contributed by atoms with Gasteiger partial charge in [0.1, 0.15) is 18.2 Å². The van der Waals surface area contributed by atoms with Crippen LogP contribution < -0.4 is 4.74 Å². The van der Waals surface area contributed by atoms with Crippen molar-refractivity contribution < 1.29 is 13.9 Å². The normalized spacial score (nSPS) is 9.59. The van der Waals surface area contributed by atoms with Gasteiger partial charge in [-0.15, -0.1) is 11.6 Å². The molecule has 17 heavy (non-hydrogen) atoms. The minimum Gasteiger partial charge on any atom is -0.491 e. The summed E-state index contributed by atoms with van der Waals surface area (Å²) in [7, 11) is 0. The molecule has 0 unspecified atom stereocenters. The van der Waals surface area contributed by atoms with E-state index < -0.39 is 5.82 Å². The monoisotopic (exact) mass is 256 g/mol. The molecule has 0 heterocycles. The van der Waals surface area contributed by atoms with E-state index in [0.717, 1.165) is 0 Å². The molecule has 0 N–H and O–H groups in total. The second-order valence-electron chi connectivity index (χ2n) is 3.12. The molecule has 0 aliphatic heterocycles. The van der Waals surface area contributed by atoms with E-state index >= 15 is 0 Å². The molecule has 1 aromatic carbocycles. The first-order valence-electron chi connectivity index (χ1n) is 5.33. The molecule has 0 aliphatic rings. The average molecular weight is 257 g/mol. The quantitative estimate of drug-likeness (QED) is 0.458. The number of alkyl halides is 1. The molecule has 1 rings (SSSR count). The van der Waals surface area contributed by atoms with Crippen molar-refractivity contribution in [2.24, 2.45) is 0 Å². The van der Waals surface area contributed by atoms with E-state index in [-0.39, 0.29) is 5.88 Å². The van der Waals surface area contributed by atoms with Crippen molar-refractivity contribution in [1.82, 2.24) is 0 Å². The molecule has 0 aliphatic carbocycles. The number of hydrogen-bond donors (Lipinski definition) is 0. The topological polar surface area (TPSA) is 18.5 Å². The van der Waals surface area contributed by atoms with Gasteiger partial charge in [-0.3, -0.25) is 0 Å². The predicted octanol–water partition coefficient (Wildman–Crippen LogP) is 2.83. The van der Waals surface area contributed by atoms with Gasteiger partial charge in [-0.25, -0.2) is 4.39 Å². The van der Waals surface area contributed by atoms with Crippen LogP contribution >= 0.6 is 11.6 Å². The zero-order valence-electron chi connectivity index (χ0n) is 9.63. The fourth-order valence-electron chi connectivity index (χ4n) is 1.18. The van der Waals surface area contributed by atoms with E-state index in [0.29, 0.717) is 31.1 Å². The van der Waals surface area contributed by atoms with Gasteiger partial charge in [0, 0.05) is 12.7 Å². The molecule has 0 spiro atoms. The maximum absolute atomic E-state index is 13.5. The minimum absolute atomic E-state index is 0.187. The van der Waals surface area contributed by atoms with Gasteiger partial charge in [0.25, 0.3) is 0 Å². The van der Waals surface area contributed by atoms with Crippen LogP contribution in [-0.4, -0.2) is 25.7 Å². The third-order valence-electron chi connectivity index (χ3n) is 1.93. The number of halogens is 2. The van der Waals surface area contributed by atoms with E-state index in [1.807, 2.05) is 6.92 Å². The van der Waals surface area contributed by atoms with Gasteiger partial charge in [0.2, 0.25) is 0 Å². The molecule has 1 aromatic rings. The van der Waals surface area contributed by atoms with Crippen molar-refractivity contribution in [1.29, 1.82) is 0 Å². The Morgan fingerprint density at radius 3 is 2.82 bits per heavy atom. The molecule has 0 amide bonds. The van der Waals surface area contributed by atoms with Crippen molar-refractivity contribution in [2.75, 3.05) is 25.7 Å². The smallest absolute Gasteiger partial charge is 0.142 e. The van der Waals surface area contributed by atoms with Gasteiger partial charge >= 0.3 is 0 Å². The van der Waals surface area contributed by atoms with Crippen LogP contribution in [-0.2, 0) is 4.74 Å². The molecular formula is C13H14ClFO2. The van der Waals surface area contributed by atoms with Gasteiger partial charge in [-0.05, 0) is 19.1 Å². The van der Waals surface area contributed by atoms with Crippen molar-refractivity contribution in [3.8, 4) is 17.6 Å².